The predicted octanol–water partition coefficient (Wildman–Crippen LogP) is 0.199. The SMILES string of the molecule is NCc1nnc2ccc(-c3cc(CO)ns3)nn12. The van der Waals surface area contributed by atoms with Crippen LogP contribution >= 0.6 is 11.5 Å². The van der Waals surface area contributed by atoms with Crippen molar-refractivity contribution >= 4 is 17.2 Å². The molecule has 3 N–H and O–H groups in total. The lowest BCUT2D eigenvalue weighted by Crippen LogP contribution is -2.05. The third-order valence-electron chi connectivity index (χ3n) is 2.48. The average molecular weight is 262 g/mol. The third-order valence-corrected chi connectivity index (χ3v) is 3.33. The van der Waals surface area contributed by atoms with Crippen LogP contribution in [0, 0.1) is 0 Å². The Balaban J connectivity index is 2.11. The molecule has 0 radical (unpaired) electrons. The fourth-order valence-electron chi connectivity index (χ4n) is 1.60. The summed E-state index contributed by atoms with van der Waals surface area (Å²) < 4.78 is 5.73. The molecule has 0 bridgehead atoms. The van der Waals surface area contributed by atoms with E-state index in [4.69, 9.17) is 10.8 Å². The maximum Gasteiger partial charge on any atom is 0.177 e. The average Bonchev–Trinajstić information content (AvgIpc) is 3.04. The Morgan fingerprint density at radius 2 is 2.22 bits per heavy atom. The minimum atomic E-state index is -0.0700. The van der Waals surface area contributed by atoms with Crippen molar-refractivity contribution in [1.82, 2.24) is 24.2 Å². The molecule has 0 aliphatic heterocycles. The fourth-order valence-corrected chi connectivity index (χ4v) is 2.32. The molecule has 0 saturated heterocycles. The van der Waals surface area contributed by atoms with Crippen LogP contribution in [0.3, 0.4) is 0 Å². The number of fused-ring (bicyclic) bond motifs is 1. The number of rotatable bonds is 3. The quantitative estimate of drug-likeness (QED) is 0.699. The summed E-state index contributed by atoms with van der Waals surface area (Å²) in [6.45, 7) is 0.210. The number of hydrogen-bond acceptors (Lipinski definition) is 7. The van der Waals surface area contributed by atoms with Crippen LogP contribution < -0.4 is 5.73 Å². The Bertz CT molecular complexity index is 691. The molecule has 92 valence electrons. The molecule has 0 spiro atoms. The predicted molar refractivity (Wildman–Crippen MR) is 65.7 cm³/mol. The molecule has 0 aromatic carbocycles. The van der Waals surface area contributed by atoms with E-state index in [0.29, 0.717) is 17.2 Å². The second kappa shape index (κ2) is 4.41. The topological polar surface area (TPSA) is 102 Å². The monoisotopic (exact) mass is 262 g/mol. The van der Waals surface area contributed by atoms with E-state index < -0.39 is 0 Å². The first kappa shape index (κ1) is 11.2. The van der Waals surface area contributed by atoms with Crippen LogP contribution in [0.25, 0.3) is 16.2 Å². The smallest absolute Gasteiger partial charge is 0.177 e. The summed E-state index contributed by atoms with van der Waals surface area (Å²) in [6.07, 6.45) is 0. The first-order valence-electron chi connectivity index (χ1n) is 5.30. The highest BCUT2D eigenvalue weighted by molar-refractivity contribution is 7.09. The van der Waals surface area contributed by atoms with E-state index in [1.165, 1.54) is 11.5 Å². The van der Waals surface area contributed by atoms with E-state index in [1.54, 1.807) is 4.52 Å². The van der Waals surface area contributed by atoms with Gasteiger partial charge in [0.05, 0.1) is 23.7 Å². The first-order valence-corrected chi connectivity index (χ1v) is 6.07. The van der Waals surface area contributed by atoms with Crippen LogP contribution in [0.1, 0.15) is 11.5 Å². The molecule has 3 heterocycles. The molecule has 0 fully saturated rings. The molecule has 3 rings (SSSR count). The lowest BCUT2D eigenvalue weighted by molar-refractivity contribution is 0.278. The standard InChI is InChI=1S/C10H10N6OS/c11-4-10-13-12-9-2-1-7(14-16(9)10)8-3-6(5-17)15-18-8/h1-3,17H,4-5,11H2. The van der Waals surface area contributed by atoms with Gasteiger partial charge in [-0.1, -0.05) is 0 Å². The van der Waals surface area contributed by atoms with E-state index in [9.17, 15) is 0 Å². The number of aliphatic hydroxyl groups is 1. The number of hydrogen-bond donors (Lipinski definition) is 2. The van der Waals surface area contributed by atoms with Crippen molar-refractivity contribution in [3.8, 4) is 10.6 Å². The Kier molecular flexibility index (Phi) is 2.74. The number of nitrogens with two attached hydrogens (primary N) is 1. The molecule has 3 aromatic rings. The van der Waals surface area contributed by atoms with E-state index in [0.717, 1.165) is 10.6 Å². The molecular formula is C10H10N6OS. The van der Waals surface area contributed by atoms with Crippen molar-refractivity contribution < 1.29 is 5.11 Å². The molecule has 8 heteroatoms. The van der Waals surface area contributed by atoms with Crippen LogP contribution in [0.2, 0.25) is 0 Å². The van der Waals surface area contributed by atoms with Gasteiger partial charge in [-0.05, 0) is 29.7 Å². The first-order chi connectivity index (χ1) is 8.81. The zero-order chi connectivity index (χ0) is 12.5. The van der Waals surface area contributed by atoms with Gasteiger partial charge >= 0.3 is 0 Å². The molecule has 18 heavy (non-hydrogen) atoms. The lowest BCUT2D eigenvalue weighted by Gasteiger charge is -1.98. The zero-order valence-electron chi connectivity index (χ0n) is 9.32. The van der Waals surface area contributed by atoms with Crippen LogP contribution in [-0.4, -0.2) is 29.3 Å². The van der Waals surface area contributed by atoms with Gasteiger partial charge in [0.25, 0.3) is 0 Å². The van der Waals surface area contributed by atoms with Gasteiger partial charge in [0.15, 0.2) is 11.5 Å². The summed E-state index contributed by atoms with van der Waals surface area (Å²) in [6, 6.07) is 5.48. The summed E-state index contributed by atoms with van der Waals surface area (Å²) in [7, 11) is 0. The summed E-state index contributed by atoms with van der Waals surface area (Å²) in [5, 5.41) is 21.3. The number of aromatic nitrogens is 5. The molecular weight excluding hydrogens is 252 g/mol. The molecule has 0 aliphatic rings. The summed E-state index contributed by atoms with van der Waals surface area (Å²) in [4.78, 5) is 0.887. The van der Waals surface area contributed by atoms with Crippen LogP contribution in [-0.2, 0) is 13.2 Å². The Morgan fingerprint density at radius 1 is 1.33 bits per heavy atom. The van der Waals surface area contributed by atoms with E-state index in [1.807, 2.05) is 18.2 Å². The third kappa shape index (κ3) is 1.76. The van der Waals surface area contributed by atoms with Crippen molar-refractivity contribution in [2.45, 2.75) is 13.2 Å². The summed E-state index contributed by atoms with van der Waals surface area (Å²) >= 11 is 1.29. The fraction of sp³-hybridized carbons (Fsp3) is 0.200. The number of aliphatic hydroxyl groups excluding tert-OH is 1. The van der Waals surface area contributed by atoms with Crippen LogP contribution in [0.4, 0.5) is 0 Å². The highest BCUT2D eigenvalue weighted by atomic mass is 32.1. The highest BCUT2D eigenvalue weighted by Crippen LogP contribution is 2.23. The molecule has 3 aromatic heterocycles. The lowest BCUT2D eigenvalue weighted by atomic mass is 10.3. The molecule has 0 atom stereocenters. The van der Waals surface area contributed by atoms with Crippen molar-refractivity contribution in [2.75, 3.05) is 0 Å². The van der Waals surface area contributed by atoms with Crippen molar-refractivity contribution in [1.29, 1.82) is 0 Å². The van der Waals surface area contributed by atoms with Crippen LogP contribution in [0.15, 0.2) is 18.2 Å². The Labute approximate surface area is 106 Å². The molecule has 0 saturated carbocycles. The van der Waals surface area contributed by atoms with Gasteiger partial charge in [-0.2, -0.15) is 14.0 Å². The minimum absolute atomic E-state index is 0.0700. The van der Waals surface area contributed by atoms with Gasteiger partial charge in [0, 0.05) is 0 Å². The molecule has 0 amide bonds. The molecule has 0 aliphatic carbocycles. The van der Waals surface area contributed by atoms with E-state index in [2.05, 4.69) is 19.7 Å². The molecule has 7 nitrogen and oxygen atoms in total. The van der Waals surface area contributed by atoms with Crippen molar-refractivity contribution in [2.24, 2.45) is 5.73 Å². The summed E-state index contributed by atoms with van der Waals surface area (Å²) in [5.41, 5.74) is 7.62. The van der Waals surface area contributed by atoms with Gasteiger partial charge in [-0.25, -0.2) is 0 Å². The van der Waals surface area contributed by atoms with E-state index >= 15 is 0 Å². The van der Waals surface area contributed by atoms with Crippen molar-refractivity contribution in [3.63, 3.8) is 0 Å². The molecule has 0 unspecified atom stereocenters. The van der Waals surface area contributed by atoms with Crippen molar-refractivity contribution in [3.05, 3.63) is 29.7 Å². The normalized spacial score (nSPS) is 11.2. The largest absolute Gasteiger partial charge is 0.390 e. The maximum atomic E-state index is 9.00. The number of nitrogens with zero attached hydrogens (tertiary/aromatic N) is 5. The second-order valence-corrected chi connectivity index (χ2v) is 4.45. The maximum absolute atomic E-state index is 9.00. The second-order valence-electron chi connectivity index (χ2n) is 3.65. The van der Waals surface area contributed by atoms with Gasteiger partial charge in [0.1, 0.15) is 5.69 Å². The Hall–Kier alpha value is -1.90. The van der Waals surface area contributed by atoms with Crippen LogP contribution in [0.5, 0.6) is 0 Å². The van der Waals surface area contributed by atoms with Gasteiger partial charge in [0.2, 0.25) is 0 Å². The summed E-state index contributed by atoms with van der Waals surface area (Å²) in [5.74, 6) is 0.610. The van der Waals surface area contributed by atoms with Gasteiger partial charge in [-0.3, -0.25) is 0 Å². The van der Waals surface area contributed by atoms with Gasteiger partial charge in [-0.15, -0.1) is 10.2 Å². The zero-order valence-corrected chi connectivity index (χ0v) is 10.1. The Morgan fingerprint density at radius 3 is 2.94 bits per heavy atom. The van der Waals surface area contributed by atoms with E-state index in [-0.39, 0.29) is 13.2 Å². The highest BCUT2D eigenvalue weighted by Gasteiger charge is 2.09. The minimum Gasteiger partial charge on any atom is -0.390 e. The van der Waals surface area contributed by atoms with Gasteiger partial charge < -0.3 is 10.8 Å².